The largest absolute Gasteiger partial charge is 0.490 e. The summed E-state index contributed by atoms with van der Waals surface area (Å²) in [6.45, 7) is 3.96. The number of carbonyl (C=O) groups is 3. The zero-order valence-corrected chi connectivity index (χ0v) is 30.1. The fourth-order valence-corrected chi connectivity index (χ4v) is 7.95. The highest BCUT2D eigenvalue weighted by Gasteiger charge is 2.40. The second kappa shape index (κ2) is 14.9. The first-order valence-corrected chi connectivity index (χ1v) is 18.4. The molecule has 0 saturated carbocycles. The molecule has 11 nitrogen and oxygen atoms in total. The van der Waals surface area contributed by atoms with E-state index in [1.807, 2.05) is 55.5 Å². The van der Waals surface area contributed by atoms with E-state index < -0.39 is 22.8 Å². The molecule has 3 aliphatic heterocycles. The van der Waals surface area contributed by atoms with Gasteiger partial charge in [0.1, 0.15) is 12.2 Å². The summed E-state index contributed by atoms with van der Waals surface area (Å²) in [5, 5.41) is 13.6. The molecule has 1 N–H and O–H groups in total. The topological polar surface area (TPSA) is 131 Å². The van der Waals surface area contributed by atoms with Crippen LogP contribution in [0, 0.1) is 10.1 Å². The summed E-state index contributed by atoms with van der Waals surface area (Å²) in [5.41, 5.74) is 6.81. The number of nitro groups is 1. The number of anilines is 2. The second-order valence-electron chi connectivity index (χ2n) is 13.8. The Morgan fingerprint density at radius 1 is 0.782 bits per heavy atom. The third-order valence-corrected chi connectivity index (χ3v) is 10.5. The predicted octanol–water partition coefficient (Wildman–Crippen LogP) is 8.12. The normalized spacial score (nSPS) is 18.5. The Bertz CT molecular complexity index is 2270. The van der Waals surface area contributed by atoms with Crippen molar-refractivity contribution in [2.45, 2.75) is 38.2 Å². The fourth-order valence-electron chi connectivity index (χ4n) is 7.95. The lowest BCUT2D eigenvalue weighted by molar-refractivity contribution is -0.384. The van der Waals surface area contributed by atoms with Gasteiger partial charge in [-0.25, -0.2) is 9.69 Å². The van der Waals surface area contributed by atoms with E-state index in [1.54, 1.807) is 30.3 Å². The number of urea groups is 1. The monoisotopic (exact) mass is 734 g/mol. The minimum Gasteiger partial charge on any atom is -0.490 e. The zero-order chi connectivity index (χ0) is 38.1. The molecule has 11 heteroatoms. The Balaban J connectivity index is 1.16. The maximum Gasteiger partial charge on any atom is 0.335 e. The number of non-ortho nitro benzene ring substituents is 1. The Morgan fingerprint density at radius 2 is 1.44 bits per heavy atom. The van der Waals surface area contributed by atoms with Crippen molar-refractivity contribution in [2.75, 3.05) is 29.5 Å². The van der Waals surface area contributed by atoms with Crippen LogP contribution in [0.3, 0.4) is 0 Å². The van der Waals surface area contributed by atoms with Gasteiger partial charge in [0.25, 0.3) is 17.5 Å². The number of carbonyl (C=O) groups excluding carboxylic acids is 3. The third kappa shape index (κ3) is 6.92. The predicted molar refractivity (Wildman–Crippen MR) is 209 cm³/mol. The van der Waals surface area contributed by atoms with Gasteiger partial charge in [-0.05, 0) is 83.5 Å². The van der Waals surface area contributed by atoms with E-state index in [4.69, 9.17) is 9.47 Å². The van der Waals surface area contributed by atoms with Gasteiger partial charge in [0.05, 0.1) is 17.2 Å². The second-order valence-corrected chi connectivity index (χ2v) is 13.8. The van der Waals surface area contributed by atoms with Gasteiger partial charge in [0.2, 0.25) is 0 Å². The SMILES string of the molecule is CCOc1cc(/C=C2\C(=O)NC(=O)N(c3cc4c5c(c3)[C@H](c3ccccc3)CCN5CC[C@H]4c3ccccc3)C2=O)ccc1OCc1cccc([N+](=O)[O-])c1. The number of benzene rings is 5. The maximum absolute atomic E-state index is 14.4. The summed E-state index contributed by atoms with van der Waals surface area (Å²) in [5.74, 6) is -0.697. The van der Waals surface area contributed by atoms with Gasteiger partial charge in [0.15, 0.2) is 11.5 Å². The van der Waals surface area contributed by atoms with Crippen LogP contribution in [0.4, 0.5) is 21.9 Å². The lowest BCUT2D eigenvalue weighted by Crippen LogP contribution is -2.54. The quantitative estimate of drug-likeness (QED) is 0.0659. The number of nitro benzene ring substituents is 1. The van der Waals surface area contributed by atoms with Gasteiger partial charge in [0, 0.05) is 42.7 Å². The minimum atomic E-state index is -0.810. The van der Waals surface area contributed by atoms with Crippen molar-refractivity contribution in [3.8, 4) is 11.5 Å². The van der Waals surface area contributed by atoms with Crippen molar-refractivity contribution >= 4 is 41.0 Å². The number of barbiturate groups is 1. The molecule has 276 valence electrons. The molecule has 3 heterocycles. The summed E-state index contributed by atoms with van der Waals surface area (Å²) in [4.78, 5) is 55.6. The van der Waals surface area contributed by atoms with Crippen LogP contribution in [0.2, 0.25) is 0 Å². The molecular formula is C44H38N4O7. The molecule has 0 unspecified atom stereocenters. The molecule has 0 aromatic heterocycles. The van der Waals surface area contributed by atoms with Crippen LogP contribution < -0.4 is 24.6 Å². The van der Waals surface area contributed by atoms with Crippen molar-refractivity contribution in [1.29, 1.82) is 0 Å². The van der Waals surface area contributed by atoms with E-state index in [0.717, 1.165) is 58.8 Å². The van der Waals surface area contributed by atoms with E-state index in [0.29, 0.717) is 34.9 Å². The van der Waals surface area contributed by atoms with E-state index in [1.165, 1.54) is 18.2 Å². The van der Waals surface area contributed by atoms with Gasteiger partial charge < -0.3 is 14.4 Å². The Labute approximate surface area is 317 Å². The summed E-state index contributed by atoms with van der Waals surface area (Å²) in [7, 11) is 0. The lowest BCUT2D eigenvalue weighted by Gasteiger charge is -2.44. The number of ether oxygens (including phenoxy) is 2. The standard InChI is InChI=1S/C44H38N4O7/c1-2-54-40-24-28(16-17-39(40)55-27-29-10-9-15-32(22-29)48(52)53)23-38-42(49)45-44(51)47(43(38)50)33-25-36-34(30-11-5-3-6-12-30)18-20-46-21-19-35(37(26-33)41(36)46)31-13-7-4-8-14-31/h3-17,22-26,34-35H,2,18-21,27H2,1H3,(H,45,49,51)/b38-23+/t34-,35-/m0/s1. The molecule has 0 bridgehead atoms. The van der Waals surface area contributed by atoms with Crippen LogP contribution in [0.25, 0.3) is 6.08 Å². The number of nitrogens with zero attached hydrogens (tertiary/aromatic N) is 3. The Morgan fingerprint density at radius 3 is 2.05 bits per heavy atom. The molecule has 0 spiro atoms. The maximum atomic E-state index is 14.4. The summed E-state index contributed by atoms with van der Waals surface area (Å²) in [6.07, 6.45) is 3.20. The Hall–Kier alpha value is -6.75. The lowest BCUT2D eigenvalue weighted by atomic mass is 9.76. The molecule has 8 rings (SSSR count). The number of amides is 4. The molecule has 3 aliphatic rings. The number of rotatable bonds is 10. The molecule has 5 aromatic rings. The van der Waals surface area contributed by atoms with E-state index in [-0.39, 0.29) is 29.7 Å². The van der Waals surface area contributed by atoms with Gasteiger partial charge in [-0.15, -0.1) is 0 Å². The smallest absolute Gasteiger partial charge is 0.335 e. The number of imide groups is 2. The van der Waals surface area contributed by atoms with E-state index in [9.17, 15) is 24.5 Å². The van der Waals surface area contributed by atoms with Crippen LogP contribution in [-0.4, -0.2) is 42.5 Å². The number of nitrogens with one attached hydrogen (secondary N) is 1. The van der Waals surface area contributed by atoms with Crippen LogP contribution >= 0.6 is 0 Å². The number of hydrogen-bond donors (Lipinski definition) is 1. The average molecular weight is 735 g/mol. The molecule has 4 amide bonds. The van der Waals surface area contributed by atoms with Gasteiger partial charge >= 0.3 is 6.03 Å². The highest BCUT2D eigenvalue weighted by Crippen LogP contribution is 2.50. The zero-order valence-electron chi connectivity index (χ0n) is 30.1. The average Bonchev–Trinajstić information content (AvgIpc) is 3.20. The molecule has 1 fully saturated rings. The highest BCUT2D eigenvalue weighted by atomic mass is 16.6. The Kier molecular flexibility index (Phi) is 9.59. The van der Waals surface area contributed by atoms with Crippen LogP contribution in [0.1, 0.15) is 65.0 Å². The van der Waals surface area contributed by atoms with Gasteiger partial charge in [-0.3, -0.25) is 25.0 Å². The first kappa shape index (κ1) is 35.3. The van der Waals surface area contributed by atoms with Crippen LogP contribution in [-0.2, 0) is 16.2 Å². The first-order valence-electron chi connectivity index (χ1n) is 18.4. The third-order valence-electron chi connectivity index (χ3n) is 10.5. The summed E-state index contributed by atoms with van der Waals surface area (Å²) < 4.78 is 11.8. The molecule has 5 aromatic carbocycles. The first-order chi connectivity index (χ1) is 26.8. The molecule has 0 radical (unpaired) electrons. The molecule has 55 heavy (non-hydrogen) atoms. The minimum absolute atomic E-state index is 0.0418. The fraction of sp³-hybridized carbons (Fsp3) is 0.205. The molecule has 1 saturated heterocycles. The van der Waals surface area contributed by atoms with Crippen LogP contribution in [0.15, 0.2) is 121 Å². The van der Waals surface area contributed by atoms with Crippen molar-refractivity contribution in [1.82, 2.24) is 5.32 Å². The van der Waals surface area contributed by atoms with E-state index in [2.05, 4.69) is 34.5 Å². The highest BCUT2D eigenvalue weighted by molar-refractivity contribution is 6.39. The van der Waals surface area contributed by atoms with Crippen LogP contribution in [0.5, 0.6) is 11.5 Å². The molecular weight excluding hydrogens is 697 g/mol. The number of hydrogen-bond acceptors (Lipinski definition) is 8. The van der Waals surface area contributed by atoms with Crippen molar-refractivity contribution < 1.29 is 28.8 Å². The molecule has 0 aliphatic carbocycles. The van der Waals surface area contributed by atoms with Crippen molar-refractivity contribution in [3.05, 3.63) is 164 Å². The van der Waals surface area contributed by atoms with Crippen molar-refractivity contribution in [2.24, 2.45) is 0 Å². The summed E-state index contributed by atoms with van der Waals surface area (Å²) in [6, 6.07) is 34.8. The summed E-state index contributed by atoms with van der Waals surface area (Å²) >= 11 is 0. The van der Waals surface area contributed by atoms with Gasteiger partial charge in [-0.2, -0.15) is 0 Å². The van der Waals surface area contributed by atoms with Gasteiger partial charge in [-0.1, -0.05) is 78.9 Å². The molecule has 2 atom stereocenters. The van der Waals surface area contributed by atoms with Crippen molar-refractivity contribution in [3.63, 3.8) is 0 Å². The van der Waals surface area contributed by atoms with E-state index >= 15 is 0 Å².